The molecule has 0 unspecified atom stereocenters. The Morgan fingerprint density at radius 3 is 2.31 bits per heavy atom. The maximum Gasteiger partial charge on any atom is 0.434 e. The number of anilines is 2. The number of hydrogen-bond donors (Lipinski definition) is 3. The first-order valence-electron chi connectivity index (χ1n) is 14.8. The van der Waals surface area contributed by atoms with Gasteiger partial charge in [0.05, 0.1) is 26.6 Å². The summed E-state index contributed by atoms with van der Waals surface area (Å²) in [6.45, 7) is 10.4. The maximum atomic E-state index is 14.4. The van der Waals surface area contributed by atoms with Gasteiger partial charge in [0.2, 0.25) is 10.0 Å². The molecule has 15 heteroatoms. The average molecular weight is 669 g/mol. The quantitative estimate of drug-likeness (QED) is 0.219. The molecule has 1 aliphatic carbocycles. The molecule has 0 spiro atoms. The Kier molecular flexibility index (Phi) is 10.4. The fourth-order valence-corrected chi connectivity index (χ4v) is 8.03. The SMILES string of the molecule is CCc1ccc(Nc2ccc(-c3sc([C@H]4CC[C@H](NC(=O)OC(C)C)CC4)nc3C(F)(F)F)c(S(=O)(=O)NC(C)(C)C)c2)nn1. The minimum atomic E-state index is -4.82. The number of alkyl halides is 3. The number of halogens is 3. The van der Waals surface area contributed by atoms with E-state index in [1.165, 1.54) is 18.2 Å². The number of nitrogens with one attached hydrogen (secondary N) is 3. The molecule has 2 aromatic heterocycles. The molecule has 1 aromatic carbocycles. The lowest BCUT2D eigenvalue weighted by atomic mass is 9.86. The van der Waals surface area contributed by atoms with E-state index in [0.29, 0.717) is 43.6 Å². The van der Waals surface area contributed by atoms with Crippen LogP contribution in [-0.2, 0) is 27.4 Å². The summed E-state index contributed by atoms with van der Waals surface area (Å²) in [6.07, 6.45) is -2.82. The van der Waals surface area contributed by atoms with Gasteiger partial charge >= 0.3 is 12.3 Å². The van der Waals surface area contributed by atoms with Gasteiger partial charge in [0, 0.05) is 28.7 Å². The first-order chi connectivity index (χ1) is 20.9. The lowest BCUT2D eigenvalue weighted by molar-refractivity contribution is -0.140. The highest BCUT2D eigenvalue weighted by atomic mass is 32.2. The van der Waals surface area contributed by atoms with E-state index in [9.17, 15) is 26.4 Å². The zero-order valence-electron chi connectivity index (χ0n) is 26.1. The van der Waals surface area contributed by atoms with Crippen molar-refractivity contribution in [3.8, 4) is 10.4 Å². The van der Waals surface area contributed by atoms with E-state index in [0.717, 1.165) is 17.0 Å². The Morgan fingerprint density at radius 2 is 1.76 bits per heavy atom. The molecular weight excluding hydrogens is 629 g/mol. The molecule has 0 atom stereocenters. The van der Waals surface area contributed by atoms with Crippen molar-refractivity contribution in [2.45, 2.75) is 108 Å². The Bertz CT molecular complexity index is 1600. The van der Waals surface area contributed by atoms with E-state index in [2.05, 4.69) is 30.5 Å². The van der Waals surface area contributed by atoms with Crippen LogP contribution in [0.15, 0.2) is 35.2 Å². The van der Waals surface area contributed by atoms with E-state index < -0.39 is 33.5 Å². The average Bonchev–Trinajstić information content (AvgIpc) is 3.38. The third-order valence-electron chi connectivity index (χ3n) is 6.96. The second-order valence-electron chi connectivity index (χ2n) is 12.3. The van der Waals surface area contributed by atoms with E-state index in [4.69, 9.17) is 4.74 Å². The van der Waals surface area contributed by atoms with Gasteiger partial charge in [0.1, 0.15) is 0 Å². The number of aromatic nitrogens is 3. The molecular formula is C30H39F3N6O4S2. The Hall–Kier alpha value is -3.30. The zero-order valence-corrected chi connectivity index (χ0v) is 27.7. The number of sulfonamides is 1. The number of aryl methyl sites for hydroxylation is 1. The molecule has 4 rings (SSSR count). The van der Waals surface area contributed by atoms with Gasteiger partial charge in [-0.15, -0.1) is 16.4 Å². The Labute approximate surface area is 265 Å². The second-order valence-corrected chi connectivity index (χ2v) is 15.0. The molecule has 0 bridgehead atoms. The van der Waals surface area contributed by atoms with E-state index in [1.54, 1.807) is 46.8 Å². The summed E-state index contributed by atoms with van der Waals surface area (Å²) < 4.78 is 78.4. The Morgan fingerprint density at radius 1 is 1.07 bits per heavy atom. The third-order valence-corrected chi connectivity index (χ3v) is 10.0. The predicted molar refractivity (Wildman–Crippen MR) is 167 cm³/mol. The van der Waals surface area contributed by atoms with Crippen molar-refractivity contribution < 1.29 is 31.1 Å². The number of nitrogens with zero attached hydrogens (tertiary/aromatic N) is 3. The summed E-state index contributed by atoms with van der Waals surface area (Å²) in [4.78, 5) is 15.5. The van der Waals surface area contributed by atoms with E-state index in [1.807, 2.05) is 6.92 Å². The highest BCUT2D eigenvalue weighted by molar-refractivity contribution is 7.89. The summed E-state index contributed by atoms with van der Waals surface area (Å²) >= 11 is 0.854. The van der Waals surface area contributed by atoms with Crippen LogP contribution in [0.25, 0.3) is 10.4 Å². The first-order valence-corrected chi connectivity index (χ1v) is 17.1. The molecule has 0 aliphatic heterocycles. The fraction of sp³-hybridized carbons (Fsp3) is 0.533. The van der Waals surface area contributed by atoms with Gasteiger partial charge in [0.25, 0.3) is 0 Å². The van der Waals surface area contributed by atoms with Gasteiger partial charge in [-0.1, -0.05) is 13.0 Å². The van der Waals surface area contributed by atoms with Crippen LogP contribution in [0.4, 0.5) is 29.5 Å². The van der Waals surface area contributed by atoms with Gasteiger partial charge in [-0.2, -0.15) is 18.3 Å². The smallest absolute Gasteiger partial charge is 0.434 e. The summed E-state index contributed by atoms with van der Waals surface area (Å²) in [7, 11) is -4.29. The molecule has 1 fully saturated rings. The molecule has 246 valence electrons. The van der Waals surface area contributed by atoms with Crippen LogP contribution in [0.5, 0.6) is 0 Å². The number of thiazole rings is 1. The van der Waals surface area contributed by atoms with Crippen molar-refractivity contribution in [1.82, 2.24) is 25.2 Å². The van der Waals surface area contributed by atoms with Crippen LogP contribution in [0.3, 0.4) is 0 Å². The van der Waals surface area contributed by atoms with Crippen molar-refractivity contribution in [2.24, 2.45) is 0 Å². The summed E-state index contributed by atoms with van der Waals surface area (Å²) in [6, 6.07) is 7.48. The van der Waals surface area contributed by atoms with Gasteiger partial charge in [0.15, 0.2) is 11.5 Å². The van der Waals surface area contributed by atoms with Crippen LogP contribution < -0.4 is 15.4 Å². The normalized spacial score (nSPS) is 17.7. The molecule has 1 aliphatic rings. The first kappa shape index (κ1) is 34.6. The number of hydrogen-bond acceptors (Lipinski definition) is 9. The van der Waals surface area contributed by atoms with Gasteiger partial charge in [-0.25, -0.2) is 22.9 Å². The molecule has 45 heavy (non-hydrogen) atoms. The van der Waals surface area contributed by atoms with Crippen molar-refractivity contribution in [3.05, 3.63) is 46.7 Å². The Balaban J connectivity index is 1.71. The van der Waals surface area contributed by atoms with Gasteiger partial charge in [-0.3, -0.25) is 0 Å². The minimum Gasteiger partial charge on any atom is -0.447 e. The van der Waals surface area contributed by atoms with Crippen molar-refractivity contribution in [1.29, 1.82) is 0 Å². The maximum absolute atomic E-state index is 14.4. The van der Waals surface area contributed by atoms with Crippen LogP contribution in [0.2, 0.25) is 0 Å². The van der Waals surface area contributed by atoms with Gasteiger partial charge < -0.3 is 15.4 Å². The molecule has 1 saturated carbocycles. The summed E-state index contributed by atoms with van der Waals surface area (Å²) in [5, 5.41) is 14.3. The van der Waals surface area contributed by atoms with Crippen molar-refractivity contribution in [3.63, 3.8) is 0 Å². The highest BCUT2D eigenvalue weighted by Gasteiger charge is 2.41. The molecule has 0 radical (unpaired) electrons. The number of rotatable bonds is 9. The number of alkyl carbamates (subject to hydrolysis) is 1. The lowest BCUT2D eigenvalue weighted by Gasteiger charge is -2.28. The number of carbonyl (C=O) groups excluding carboxylic acids is 1. The zero-order chi connectivity index (χ0) is 33.2. The van der Waals surface area contributed by atoms with Crippen LogP contribution >= 0.6 is 11.3 Å². The molecule has 1 amide bonds. The topological polar surface area (TPSA) is 135 Å². The highest BCUT2D eigenvalue weighted by Crippen LogP contribution is 2.46. The lowest BCUT2D eigenvalue weighted by Crippen LogP contribution is -2.40. The molecule has 0 saturated heterocycles. The van der Waals surface area contributed by atoms with Gasteiger partial charge in [-0.05, 0) is 91.0 Å². The molecule has 3 aromatic rings. The number of ether oxygens (including phenoxy) is 1. The number of benzene rings is 1. The van der Waals surface area contributed by atoms with Crippen LogP contribution in [-0.4, -0.2) is 47.4 Å². The fourth-order valence-electron chi connectivity index (χ4n) is 5.02. The van der Waals surface area contributed by atoms with Crippen LogP contribution in [0.1, 0.15) is 89.5 Å². The van der Waals surface area contributed by atoms with E-state index >= 15 is 0 Å². The van der Waals surface area contributed by atoms with Crippen LogP contribution in [0, 0.1) is 0 Å². The number of amides is 1. The number of carbonyl (C=O) groups is 1. The monoisotopic (exact) mass is 668 g/mol. The summed E-state index contributed by atoms with van der Waals surface area (Å²) in [5.41, 5.74) is -1.05. The standard InChI is InChI=1S/C30H39F3N6O4S2/c1-7-19-13-15-24(38-37-19)34-21-12-14-22(23(16-21)45(41,42)39-29(4,5)6)25-26(30(31,32)33)36-27(44-25)18-8-10-20(11-9-18)35-28(40)43-17(2)3/h12-18,20,39H,7-11H2,1-6H3,(H,34,38)(H,35,40)/t18-,20-. The summed E-state index contributed by atoms with van der Waals surface area (Å²) in [5.74, 6) is 0.0769. The predicted octanol–water partition coefficient (Wildman–Crippen LogP) is 7.16. The largest absolute Gasteiger partial charge is 0.447 e. The molecule has 10 nitrogen and oxygen atoms in total. The molecule has 2 heterocycles. The van der Waals surface area contributed by atoms with Crippen molar-refractivity contribution >= 4 is 39.0 Å². The third kappa shape index (κ3) is 9.13. The van der Waals surface area contributed by atoms with Crippen molar-refractivity contribution in [2.75, 3.05) is 5.32 Å². The molecule has 3 N–H and O–H groups in total. The van der Waals surface area contributed by atoms with E-state index in [-0.39, 0.29) is 38.4 Å². The minimum absolute atomic E-state index is 0.104. The second kappa shape index (κ2) is 13.6.